The van der Waals surface area contributed by atoms with E-state index in [0.29, 0.717) is 0 Å². The summed E-state index contributed by atoms with van der Waals surface area (Å²) in [7, 11) is 0. The van der Waals surface area contributed by atoms with Crippen LogP contribution in [-0.2, 0) is 0 Å². The van der Waals surface area contributed by atoms with E-state index >= 15 is 0 Å². The van der Waals surface area contributed by atoms with Crippen LogP contribution in [0.1, 0.15) is 26.7 Å². The van der Waals surface area contributed by atoms with Crippen LogP contribution in [0.25, 0.3) is 0 Å². The zero-order valence-electron chi connectivity index (χ0n) is 6.83. The number of rotatable bonds is 4. The Morgan fingerprint density at radius 1 is 1.36 bits per heavy atom. The smallest absolute Gasteiger partial charge is 0.306 e. The van der Waals surface area contributed by atoms with Crippen LogP contribution in [0.2, 0.25) is 0 Å². The van der Waals surface area contributed by atoms with E-state index in [1.165, 1.54) is 0 Å². The predicted octanol–water partition coefficient (Wildman–Crippen LogP) is 2.33. The Bertz CT molecular complexity index is 100. The lowest BCUT2D eigenvalue weighted by molar-refractivity contribution is -0.126. The molecule has 0 radical (unpaired) electrons. The number of halogens is 3. The maximum absolute atomic E-state index is 11.6. The molecular formula is C7H14F3N. The van der Waals surface area contributed by atoms with Crippen molar-refractivity contribution < 1.29 is 13.2 Å². The van der Waals surface area contributed by atoms with E-state index in [2.05, 4.69) is 5.32 Å². The summed E-state index contributed by atoms with van der Waals surface area (Å²) in [5, 5.41) is 2.40. The monoisotopic (exact) mass is 169 g/mol. The van der Waals surface area contributed by atoms with Crippen molar-refractivity contribution in [1.82, 2.24) is 5.32 Å². The number of nitrogens with one attached hydrogen (secondary N) is 1. The molecule has 0 amide bonds. The lowest BCUT2D eigenvalue weighted by atomic mass is 10.2. The third kappa shape index (κ3) is 7.65. The summed E-state index contributed by atoms with van der Waals surface area (Å²) < 4.78 is 34.8. The van der Waals surface area contributed by atoms with E-state index in [1.54, 1.807) is 6.92 Å². The van der Waals surface area contributed by atoms with Crippen LogP contribution in [0.3, 0.4) is 0 Å². The molecule has 1 atom stereocenters. The molecule has 0 aliphatic heterocycles. The molecule has 1 N–H and O–H groups in total. The number of hydrogen-bond donors (Lipinski definition) is 1. The highest BCUT2D eigenvalue weighted by Gasteiger charge is 2.26. The molecule has 0 aromatic rings. The average molecular weight is 169 g/mol. The summed E-state index contributed by atoms with van der Waals surface area (Å²) in [4.78, 5) is 0. The lowest BCUT2D eigenvalue weighted by Crippen LogP contribution is -2.35. The Morgan fingerprint density at radius 3 is 2.27 bits per heavy atom. The average Bonchev–Trinajstić information content (AvgIpc) is 1.83. The van der Waals surface area contributed by atoms with Crippen LogP contribution in [0.4, 0.5) is 13.2 Å². The zero-order valence-corrected chi connectivity index (χ0v) is 6.83. The summed E-state index contributed by atoms with van der Waals surface area (Å²) in [5.74, 6) is 0. The van der Waals surface area contributed by atoms with Crippen molar-refractivity contribution in [2.24, 2.45) is 0 Å². The Labute approximate surface area is 65.0 Å². The normalized spacial score (nSPS) is 15.0. The van der Waals surface area contributed by atoms with Gasteiger partial charge in [-0.05, 0) is 13.3 Å². The summed E-state index contributed by atoms with van der Waals surface area (Å²) in [6.45, 7) is 2.83. The number of alkyl halides is 3. The first-order valence-electron chi connectivity index (χ1n) is 3.76. The van der Waals surface area contributed by atoms with Crippen molar-refractivity contribution in [3.05, 3.63) is 0 Å². The largest absolute Gasteiger partial charge is 0.401 e. The van der Waals surface area contributed by atoms with Crippen LogP contribution in [-0.4, -0.2) is 18.8 Å². The number of hydrogen-bond acceptors (Lipinski definition) is 1. The fraction of sp³-hybridized carbons (Fsp3) is 1.00. The first kappa shape index (κ1) is 10.8. The van der Waals surface area contributed by atoms with Gasteiger partial charge in [0.2, 0.25) is 0 Å². The molecule has 0 heterocycles. The molecule has 0 saturated carbocycles. The van der Waals surface area contributed by atoms with E-state index in [-0.39, 0.29) is 6.04 Å². The minimum absolute atomic E-state index is 0.0402. The fourth-order valence-corrected chi connectivity index (χ4v) is 0.825. The second kappa shape index (κ2) is 4.59. The highest BCUT2D eigenvalue weighted by Crippen LogP contribution is 2.12. The molecule has 1 unspecified atom stereocenters. The van der Waals surface area contributed by atoms with Crippen LogP contribution < -0.4 is 5.32 Å². The van der Waals surface area contributed by atoms with E-state index in [0.717, 1.165) is 12.8 Å². The molecule has 0 aromatic heterocycles. The predicted molar refractivity (Wildman–Crippen MR) is 38.4 cm³/mol. The van der Waals surface area contributed by atoms with Gasteiger partial charge in [-0.25, -0.2) is 0 Å². The molecule has 0 saturated heterocycles. The van der Waals surface area contributed by atoms with Gasteiger partial charge in [0, 0.05) is 6.04 Å². The first-order chi connectivity index (χ1) is 4.95. The van der Waals surface area contributed by atoms with Crippen molar-refractivity contribution in [3.8, 4) is 0 Å². The second-order valence-corrected chi connectivity index (χ2v) is 2.69. The molecule has 0 spiro atoms. The lowest BCUT2D eigenvalue weighted by Gasteiger charge is -2.13. The van der Waals surface area contributed by atoms with Crippen LogP contribution in [0.15, 0.2) is 0 Å². The summed E-state index contributed by atoms with van der Waals surface area (Å²) >= 11 is 0. The van der Waals surface area contributed by atoms with Gasteiger partial charge < -0.3 is 5.32 Å². The van der Waals surface area contributed by atoms with Crippen molar-refractivity contribution in [2.75, 3.05) is 6.54 Å². The standard InChI is InChI=1S/C7H14F3N/c1-3-4-6(2)11-5-7(8,9)10/h6,11H,3-5H2,1-2H3. The highest BCUT2D eigenvalue weighted by molar-refractivity contribution is 4.62. The van der Waals surface area contributed by atoms with Gasteiger partial charge in [0.25, 0.3) is 0 Å². The van der Waals surface area contributed by atoms with Gasteiger partial charge >= 0.3 is 6.18 Å². The van der Waals surface area contributed by atoms with Crippen LogP contribution in [0.5, 0.6) is 0 Å². The van der Waals surface area contributed by atoms with E-state index in [1.807, 2.05) is 6.92 Å². The molecule has 1 nitrogen and oxygen atoms in total. The van der Waals surface area contributed by atoms with Gasteiger partial charge in [-0.15, -0.1) is 0 Å². The molecule has 0 aliphatic rings. The van der Waals surface area contributed by atoms with Crippen molar-refractivity contribution in [2.45, 2.75) is 38.9 Å². The van der Waals surface area contributed by atoms with Crippen LogP contribution in [0, 0.1) is 0 Å². The summed E-state index contributed by atoms with van der Waals surface area (Å²) in [6, 6.07) is -0.0402. The summed E-state index contributed by atoms with van der Waals surface area (Å²) in [6.07, 6.45) is -2.38. The van der Waals surface area contributed by atoms with Gasteiger partial charge in [-0.2, -0.15) is 13.2 Å². The van der Waals surface area contributed by atoms with E-state index < -0.39 is 12.7 Å². The van der Waals surface area contributed by atoms with Gasteiger partial charge in [0.15, 0.2) is 0 Å². The maximum Gasteiger partial charge on any atom is 0.401 e. The molecule has 4 heteroatoms. The van der Waals surface area contributed by atoms with E-state index in [4.69, 9.17) is 0 Å². The topological polar surface area (TPSA) is 12.0 Å². The fourth-order valence-electron chi connectivity index (χ4n) is 0.825. The highest BCUT2D eigenvalue weighted by atomic mass is 19.4. The third-order valence-corrected chi connectivity index (χ3v) is 1.37. The second-order valence-electron chi connectivity index (χ2n) is 2.69. The molecular weight excluding hydrogens is 155 g/mol. The van der Waals surface area contributed by atoms with Gasteiger partial charge in [0.05, 0.1) is 6.54 Å². The first-order valence-corrected chi connectivity index (χ1v) is 3.76. The Kier molecular flexibility index (Phi) is 4.49. The van der Waals surface area contributed by atoms with Crippen molar-refractivity contribution in [3.63, 3.8) is 0 Å². The maximum atomic E-state index is 11.6. The zero-order chi connectivity index (χ0) is 8.91. The SMILES string of the molecule is CCCC(C)NCC(F)(F)F. The molecule has 0 aromatic carbocycles. The molecule has 0 rings (SSSR count). The molecule has 0 bridgehead atoms. The van der Waals surface area contributed by atoms with Crippen LogP contribution >= 0.6 is 0 Å². The van der Waals surface area contributed by atoms with Crippen molar-refractivity contribution in [1.29, 1.82) is 0 Å². The third-order valence-electron chi connectivity index (χ3n) is 1.37. The molecule has 11 heavy (non-hydrogen) atoms. The quantitative estimate of drug-likeness (QED) is 0.681. The van der Waals surface area contributed by atoms with Gasteiger partial charge in [-0.3, -0.25) is 0 Å². The Hall–Kier alpha value is -0.250. The molecule has 0 aliphatic carbocycles. The minimum atomic E-state index is -4.08. The molecule has 68 valence electrons. The van der Waals surface area contributed by atoms with Gasteiger partial charge in [0.1, 0.15) is 0 Å². The Morgan fingerprint density at radius 2 is 1.91 bits per heavy atom. The van der Waals surface area contributed by atoms with Gasteiger partial charge in [-0.1, -0.05) is 13.3 Å². The summed E-state index contributed by atoms with van der Waals surface area (Å²) in [5.41, 5.74) is 0. The molecule has 0 fully saturated rings. The van der Waals surface area contributed by atoms with Crippen molar-refractivity contribution >= 4 is 0 Å². The Balaban J connectivity index is 3.38. The minimum Gasteiger partial charge on any atom is -0.306 e. The van der Waals surface area contributed by atoms with E-state index in [9.17, 15) is 13.2 Å².